The Labute approximate surface area is 234 Å². The minimum Gasteiger partial charge on any atom is -0.369 e. The van der Waals surface area contributed by atoms with Crippen molar-refractivity contribution < 1.29 is 36.0 Å². The van der Waals surface area contributed by atoms with Gasteiger partial charge >= 0.3 is 12.4 Å². The standard InChI is InChI=1S/C29H32F6N4O2/c1-17-13-18(5-12-23(17)19-6-8-20(9-7-19)27(40,28(30,31)32)29(33,34)35)14-38-15-21-10-11-22(16-38)39(21)25-36-24(41-37-25)26(2,3)4/h5-9,12-13,21-22,40H,10-11,14-16H2,1-4H3. The van der Waals surface area contributed by atoms with Crippen molar-refractivity contribution in [1.82, 2.24) is 15.0 Å². The lowest BCUT2D eigenvalue weighted by Gasteiger charge is -2.40. The molecule has 0 spiro atoms. The van der Waals surface area contributed by atoms with E-state index in [-0.39, 0.29) is 17.5 Å². The molecule has 0 saturated carbocycles. The summed E-state index contributed by atoms with van der Waals surface area (Å²) in [4.78, 5) is 9.30. The molecule has 2 fully saturated rings. The van der Waals surface area contributed by atoms with Crippen LogP contribution in [0.4, 0.5) is 32.3 Å². The Morgan fingerprint density at radius 2 is 1.49 bits per heavy atom. The van der Waals surface area contributed by atoms with Crippen molar-refractivity contribution >= 4 is 5.95 Å². The van der Waals surface area contributed by atoms with Crippen molar-refractivity contribution in [2.45, 2.75) is 82.5 Å². The molecule has 2 aromatic carbocycles. The zero-order valence-electron chi connectivity index (χ0n) is 23.1. The van der Waals surface area contributed by atoms with Crippen molar-refractivity contribution in [3.63, 3.8) is 0 Å². The van der Waals surface area contributed by atoms with Gasteiger partial charge in [-0.15, -0.1) is 0 Å². The molecule has 2 atom stereocenters. The van der Waals surface area contributed by atoms with E-state index in [1.165, 1.54) is 12.1 Å². The van der Waals surface area contributed by atoms with Gasteiger partial charge in [0.25, 0.3) is 11.5 Å². The first-order valence-corrected chi connectivity index (χ1v) is 13.4. The highest BCUT2D eigenvalue weighted by atomic mass is 19.4. The predicted octanol–water partition coefficient (Wildman–Crippen LogP) is 6.51. The van der Waals surface area contributed by atoms with E-state index in [4.69, 9.17) is 4.52 Å². The summed E-state index contributed by atoms with van der Waals surface area (Å²) in [6, 6.07) is 9.93. The number of rotatable bonds is 5. The van der Waals surface area contributed by atoms with Gasteiger partial charge in [-0.2, -0.15) is 31.3 Å². The number of hydrogen-bond acceptors (Lipinski definition) is 6. The first-order chi connectivity index (χ1) is 19.0. The van der Waals surface area contributed by atoms with E-state index in [2.05, 4.69) is 19.9 Å². The maximum atomic E-state index is 13.2. The number of benzene rings is 2. The van der Waals surface area contributed by atoms with Gasteiger partial charge in [0.05, 0.1) is 0 Å². The van der Waals surface area contributed by atoms with Gasteiger partial charge in [-0.25, -0.2) is 0 Å². The molecular formula is C29H32F6N4O2. The topological polar surface area (TPSA) is 65.6 Å². The molecule has 3 aromatic rings. The molecule has 2 unspecified atom stereocenters. The summed E-state index contributed by atoms with van der Waals surface area (Å²) in [5.41, 5.74) is -3.44. The minimum atomic E-state index is -5.92. The van der Waals surface area contributed by atoms with E-state index in [0.29, 0.717) is 41.6 Å². The molecule has 1 aromatic heterocycles. The zero-order valence-corrected chi connectivity index (χ0v) is 23.1. The molecule has 5 rings (SSSR count). The zero-order chi connectivity index (χ0) is 30.0. The van der Waals surface area contributed by atoms with Crippen LogP contribution in [0.15, 0.2) is 47.0 Å². The van der Waals surface area contributed by atoms with Crippen LogP contribution in [0.1, 0.15) is 56.2 Å². The Kier molecular flexibility index (Phi) is 7.17. The van der Waals surface area contributed by atoms with E-state index < -0.39 is 23.5 Å². The number of halogens is 6. The molecule has 2 bridgehead atoms. The molecule has 222 valence electrons. The van der Waals surface area contributed by atoms with Gasteiger partial charge in [0.1, 0.15) is 0 Å². The molecule has 12 heteroatoms. The highest BCUT2D eigenvalue weighted by Crippen LogP contribution is 2.50. The van der Waals surface area contributed by atoms with Gasteiger partial charge in [-0.05, 0) is 47.2 Å². The summed E-state index contributed by atoms with van der Waals surface area (Å²) < 4.78 is 84.9. The van der Waals surface area contributed by atoms with Crippen LogP contribution in [-0.2, 0) is 17.6 Å². The maximum absolute atomic E-state index is 13.2. The molecule has 0 aliphatic carbocycles. The first kappa shape index (κ1) is 29.4. The lowest BCUT2D eigenvalue weighted by Crippen LogP contribution is -2.53. The molecule has 6 nitrogen and oxygen atoms in total. The number of likely N-dealkylation sites (tertiary alicyclic amines) is 1. The predicted molar refractivity (Wildman–Crippen MR) is 140 cm³/mol. The molecular weight excluding hydrogens is 550 g/mol. The van der Waals surface area contributed by atoms with Gasteiger partial charge in [-0.1, -0.05) is 63.2 Å². The molecule has 2 saturated heterocycles. The SMILES string of the molecule is Cc1cc(CN2CC3CCC(C2)N3c2noc(C(C)(C)C)n2)ccc1-c1ccc(C(O)(C(F)(F)F)C(F)(F)F)cc1. The van der Waals surface area contributed by atoms with Crippen molar-refractivity contribution in [3.8, 4) is 11.1 Å². The average Bonchev–Trinajstić information content (AvgIpc) is 3.45. The van der Waals surface area contributed by atoms with Gasteiger partial charge in [-0.3, -0.25) is 4.90 Å². The van der Waals surface area contributed by atoms with E-state index in [1.807, 2.05) is 45.9 Å². The molecule has 41 heavy (non-hydrogen) atoms. The van der Waals surface area contributed by atoms with E-state index in [9.17, 15) is 31.4 Å². The number of fused-ring (bicyclic) bond motifs is 2. The number of aliphatic hydroxyl groups is 1. The van der Waals surface area contributed by atoms with E-state index in [0.717, 1.165) is 37.1 Å². The van der Waals surface area contributed by atoms with Crippen molar-refractivity contribution in [3.05, 3.63) is 65.0 Å². The summed E-state index contributed by atoms with van der Waals surface area (Å²) >= 11 is 0. The Balaban J connectivity index is 1.28. The Morgan fingerprint density at radius 1 is 0.902 bits per heavy atom. The summed E-state index contributed by atoms with van der Waals surface area (Å²) in [6.07, 6.45) is -9.77. The Bertz CT molecular complexity index is 1370. The van der Waals surface area contributed by atoms with Gasteiger partial charge < -0.3 is 14.5 Å². The van der Waals surface area contributed by atoms with E-state index >= 15 is 0 Å². The molecule has 0 radical (unpaired) electrons. The fourth-order valence-corrected chi connectivity index (χ4v) is 5.86. The largest absolute Gasteiger partial charge is 0.430 e. The number of alkyl halides is 6. The fraction of sp³-hybridized carbons (Fsp3) is 0.517. The van der Waals surface area contributed by atoms with Gasteiger partial charge in [0, 0.05) is 42.7 Å². The van der Waals surface area contributed by atoms with Crippen molar-refractivity contribution in [2.24, 2.45) is 0 Å². The first-order valence-electron chi connectivity index (χ1n) is 13.4. The van der Waals surface area contributed by atoms with Crippen LogP contribution >= 0.6 is 0 Å². The molecule has 1 N–H and O–H groups in total. The maximum Gasteiger partial charge on any atom is 0.430 e. The minimum absolute atomic E-state index is 0.228. The lowest BCUT2D eigenvalue weighted by molar-refractivity contribution is -0.376. The summed E-state index contributed by atoms with van der Waals surface area (Å²) in [5, 5.41) is 13.9. The molecule has 2 aliphatic heterocycles. The smallest absolute Gasteiger partial charge is 0.369 e. The second-order valence-electron chi connectivity index (χ2n) is 12.1. The number of hydrogen-bond donors (Lipinski definition) is 1. The average molecular weight is 583 g/mol. The highest BCUT2D eigenvalue weighted by molar-refractivity contribution is 5.68. The number of nitrogens with zero attached hydrogens (tertiary/aromatic N) is 4. The van der Waals surface area contributed by atoms with Crippen LogP contribution < -0.4 is 4.90 Å². The van der Waals surface area contributed by atoms with Crippen molar-refractivity contribution in [1.29, 1.82) is 0 Å². The normalized spacial score (nSPS) is 20.6. The fourth-order valence-electron chi connectivity index (χ4n) is 5.86. The van der Waals surface area contributed by atoms with Crippen LogP contribution in [0.3, 0.4) is 0 Å². The monoisotopic (exact) mass is 582 g/mol. The number of piperazine rings is 1. The summed E-state index contributed by atoms with van der Waals surface area (Å²) in [7, 11) is 0. The third-order valence-corrected chi connectivity index (χ3v) is 7.98. The Hall–Kier alpha value is -3.12. The highest BCUT2D eigenvalue weighted by Gasteiger charge is 2.71. The Morgan fingerprint density at radius 3 is 1.98 bits per heavy atom. The number of aromatic nitrogens is 2. The van der Waals surface area contributed by atoms with Gasteiger partial charge in [0.2, 0.25) is 5.89 Å². The summed E-state index contributed by atoms with van der Waals surface area (Å²) in [5.74, 6) is 1.24. The van der Waals surface area contributed by atoms with Crippen LogP contribution in [0.2, 0.25) is 0 Å². The van der Waals surface area contributed by atoms with Crippen LogP contribution in [0, 0.1) is 6.92 Å². The van der Waals surface area contributed by atoms with Crippen LogP contribution in [0.5, 0.6) is 0 Å². The third-order valence-electron chi connectivity index (χ3n) is 7.98. The van der Waals surface area contributed by atoms with E-state index in [1.54, 1.807) is 0 Å². The second kappa shape index (κ2) is 10.0. The quantitative estimate of drug-likeness (QED) is 0.346. The molecule has 0 amide bonds. The molecule has 2 aliphatic rings. The number of anilines is 1. The van der Waals surface area contributed by atoms with Crippen molar-refractivity contribution in [2.75, 3.05) is 18.0 Å². The third kappa shape index (κ3) is 5.31. The van der Waals surface area contributed by atoms with Gasteiger partial charge in [0.15, 0.2) is 0 Å². The molecule has 3 heterocycles. The lowest BCUT2D eigenvalue weighted by atomic mass is 9.90. The summed E-state index contributed by atoms with van der Waals surface area (Å²) in [6.45, 7) is 10.3. The second-order valence-corrected chi connectivity index (χ2v) is 12.1. The van der Waals surface area contributed by atoms with Crippen LogP contribution in [-0.4, -0.2) is 57.7 Å². The van der Waals surface area contributed by atoms with Crippen LogP contribution in [0.25, 0.3) is 11.1 Å². The number of aryl methyl sites for hydroxylation is 1.